The van der Waals surface area contributed by atoms with Gasteiger partial charge in [0.05, 0.1) is 0 Å². The molecule has 3 heteroatoms. The lowest BCUT2D eigenvalue weighted by Gasteiger charge is -1.97. The number of cyclic esters (lactones) is 1. The van der Waals surface area contributed by atoms with Crippen molar-refractivity contribution in [2.45, 2.75) is 26.7 Å². The normalized spacial score (nSPS) is 16.5. The average Bonchev–Trinajstić information content (AvgIpc) is 2.56. The monoisotopic (exact) mass is 220 g/mol. The topological polar surface area (TPSA) is 43.4 Å². The number of ether oxygens (including phenoxy) is 1. The van der Waals surface area contributed by atoms with Gasteiger partial charge in [0.15, 0.2) is 0 Å². The van der Waals surface area contributed by atoms with Crippen LogP contribution in [0.2, 0.25) is 0 Å². The molecule has 0 atom stereocenters. The third-order valence-corrected chi connectivity index (χ3v) is 2.28. The summed E-state index contributed by atoms with van der Waals surface area (Å²) < 4.78 is 4.92. The first kappa shape index (κ1) is 12.4. The highest BCUT2D eigenvalue weighted by molar-refractivity contribution is 5.97. The molecule has 1 aliphatic rings. The predicted molar refractivity (Wildman–Crippen MR) is 61.9 cm³/mol. The number of carbonyl (C=O) groups excluding carboxylic acids is 2. The lowest BCUT2D eigenvalue weighted by Crippen LogP contribution is -2.03. The maximum atomic E-state index is 11.3. The summed E-state index contributed by atoms with van der Waals surface area (Å²) in [6, 6.07) is 0. The van der Waals surface area contributed by atoms with E-state index < -0.39 is 0 Å². The number of allylic oxidation sites excluding steroid dienone is 4. The van der Waals surface area contributed by atoms with Crippen molar-refractivity contribution in [3.8, 4) is 0 Å². The molecule has 0 N–H and O–H groups in total. The smallest absolute Gasteiger partial charge is 0.334 e. The molecule has 0 aromatic carbocycles. The Balaban J connectivity index is 2.70. The Kier molecular flexibility index (Phi) is 4.70. The van der Waals surface area contributed by atoms with Crippen molar-refractivity contribution in [2.75, 3.05) is 6.61 Å². The zero-order valence-electron chi connectivity index (χ0n) is 9.66. The van der Waals surface area contributed by atoms with E-state index in [2.05, 4.69) is 0 Å². The number of hydrogen-bond acceptors (Lipinski definition) is 3. The van der Waals surface area contributed by atoms with Gasteiger partial charge in [-0.2, -0.15) is 0 Å². The van der Waals surface area contributed by atoms with Crippen molar-refractivity contribution in [3.63, 3.8) is 0 Å². The van der Waals surface area contributed by atoms with Gasteiger partial charge < -0.3 is 4.74 Å². The molecule has 1 aliphatic heterocycles. The molecule has 0 radical (unpaired) electrons. The van der Waals surface area contributed by atoms with E-state index in [-0.39, 0.29) is 18.2 Å². The minimum absolute atomic E-state index is 0.0104. The van der Waals surface area contributed by atoms with Gasteiger partial charge in [0.25, 0.3) is 0 Å². The van der Waals surface area contributed by atoms with E-state index in [0.29, 0.717) is 18.6 Å². The molecule has 0 fully saturated rings. The Hall–Kier alpha value is -1.64. The second-order valence-corrected chi connectivity index (χ2v) is 3.70. The third kappa shape index (κ3) is 3.50. The Morgan fingerprint density at radius 3 is 2.81 bits per heavy atom. The summed E-state index contributed by atoms with van der Waals surface area (Å²) in [5.41, 5.74) is 1.46. The molecule has 1 heterocycles. The molecule has 0 aromatic heterocycles. The van der Waals surface area contributed by atoms with Gasteiger partial charge in [-0.15, -0.1) is 0 Å². The van der Waals surface area contributed by atoms with Crippen LogP contribution in [0.4, 0.5) is 0 Å². The van der Waals surface area contributed by atoms with Gasteiger partial charge >= 0.3 is 5.97 Å². The van der Waals surface area contributed by atoms with Crippen LogP contribution in [0.25, 0.3) is 0 Å². The Morgan fingerprint density at radius 2 is 2.19 bits per heavy atom. The SMILES string of the molecule is C/C=C/C=C/CC1=C(CC(C)=O)C(=O)OC1. The summed E-state index contributed by atoms with van der Waals surface area (Å²) in [7, 11) is 0. The summed E-state index contributed by atoms with van der Waals surface area (Å²) in [4.78, 5) is 22.3. The molecule has 0 aliphatic carbocycles. The number of hydrogen-bond donors (Lipinski definition) is 0. The van der Waals surface area contributed by atoms with Crippen molar-refractivity contribution >= 4 is 11.8 Å². The summed E-state index contributed by atoms with van der Waals surface area (Å²) in [6.45, 7) is 3.74. The Morgan fingerprint density at radius 1 is 1.44 bits per heavy atom. The number of Topliss-reactive ketones (excluding diaryl/α,β-unsaturated/α-hetero) is 1. The van der Waals surface area contributed by atoms with E-state index in [1.807, 2.05) is 31.2 Å². The number of carbonyl (C=O) groups is 2. The van der Waals surface area contributed by atoms with Gasteiger partial charge in [-0.1, -0.05) is 24.3 Å². The van der Waals surface area contributed by atoms with Crippen LogP contribution in [0, 0.1) is 0 Å². The molecular weight excluding hydrogens is 204 g/mol. The van der Waals surface area contributed by atoms with Crippen molar-refractivity contribution in [2.24, 2.45) is 0 Å². The molecule has 0 bridgehead atoms. The fraction of sp³-hybridized carbons (Fsp3) is 0.385. The molecule has 0 saturated carbocycles. The van der Waals surface area contributed by atoms with Crippen LogP contribution in [0.1, 0.15) is 26.7 Å². The molecule has 0 amide bonds. The minimum atomic E-state index is -0.343. The standard InChI is InChI=1S/C13H16O3/c1-3-4-5-6-7-11-9-16-13(15)12(11)8-10(2)14/h3-6H,7-9H2,1-2H3/b4-3+,6-5+. The molecular formula is C13H16O3. The summed E-state index contributed by atoms with van der Waals surface area (Å²) in [5, 5.41) is 0. The molecule has 0 spiro atoms. The lowest BCUT2D eigenvalue weighted by molar-refractivity contribution is -0.136. The highest BCUT2D eigenvalue weighted by Gasteiger charge is 2.24. The molecule has 0 aromatic rings. The Bertz CT molecular complexity index is 373. The van der Waals surface area contributed by atoms with Crippen LogP contribution in [-0.4, -0.2) is 18.4 Å². The summed E-state index contributed by atoms with van der Waals surface area (Å²) in [6.07, 6.45) is 8.57. The van der Waals surface area contributed by atoms with E-state index in [1.165, 1.54) is 6.92 Å². The molecule has 86 valence electrons. The largest absolute Gasteiger partial charge is 0.458 e. The highest BCUT2D eigenvalue weighted by Crippen LogP contribution is 2.22. The van der Waals surface area contributed by atoms with Gasteiger partial charge in [0.1, 0.15) is 12.4 Å². The van der Waals surface area contributed by atoms with Gasteiger partial charge in [0.2, 0.25) is 0 Å². The van der Waals surface area contributed by atoms with E-state index in [0.717, 1.165) is 5.57 Å². The van der Waals surface area contributed by atoms with E-state index in [1.54, 1.807) is 0 Å². The lowest BCUT2D eigenvalue weighted by atomic mass is 10.0. The van der Waals surface area contributed by atoms with Crippen molar-refractivity contribution < 1.29 is 14.3 Å². The maximum absolute atomic E-state index is 11.3. The fourth-order valence-corrected chi connectivity index (χ4v) is 1.50. The summed E-state index contributed by atoms with van der Waals surface area (Å²) in [5.74, 6) is -0.353. The van der Waals surface area contributed by atoms with Gasteiger partial charge in [-0.05, 0) is 25.8 Å². The molecule has 0 unspecified atom stereocenters. The quantitative estimate of drug-likeness (QED) is 0.527. The molecule has 16 heavy (non-hydrogen) atoms. The van der Waals surface area contributed by atoms with Crippen LogP contribution < -0.4 is 0 Å². The molecule has 3 nitrogen and oxygen atoms in total. The third-order valence-electron chi connectivity index (χ3n) is 2.28. The van der Waals surface area contributed by atoms with E-state index in [9.17, 15) is 9.59 Å². The number of esters is 1. The predicted octanol–water partition coefficient (Wildman–Crippen LogP) is 2.34. The van der Waals surface area contributed by atoms with Crippen molar-refractivity contribution in [1.82, 2.24) is 0 Å². The van der Waals surface area contributed by atoms with Crippen LogP contribution in [-0.2, 0) is 14.3 Å². The first-order valence-corrected chi connectivity index (χ1v) is 5.30. The van der Waals surface area contributed by atoms with Gasteiger partial charge in [0, 0.05) is 12.0 Å². The van der Waals surface area contributed by atoms with Crippen LogP contribution in [0.5, 0.6) is 0 Å². The van der Waals surface area contributed by atoms with E-state index >= 15 is 0 Å². The zero-order chi connectivity index (χ0) is 12.0. The van der Waals surface area contributed by atoms with Crippen LogP contribution in [0.15, 0.2) is 35.5 Å². The summed E-state index contributed by atoms with van der Waals surface area (Å²) >= 11 is 0. The zero-order valence-corrected chi connectivity index (χ0v) is 9.66. The van der Waals surface area contributed by atoms with E-state index in [4.69, 9.17) is 4.74 Å². The fourth-order valence-electron chi connectivity index (χ4n) is 1.50. The van der Waals surface area contributed by atoms with Gasteiger partial charge in [-0.3, -0.25) is 4.79 Å². The molecule has 1 rings (SSSR count). The average molecular weight is 220 g/mol. The Labute approximate surface area is 95.5 Å². The van der Waals surface area contributed by atoms with Crippen molar-refractivity contribution in [3.05, 3.63) is 35.5 Å². The van der Waals surface area contributed by atoms with Crippen LogP contribution >= 0.6 is 0 Å². The first-order valence-electron chi connectivity index (χ1n) is 5.30. The van der Waals surface area contributed by atoms with Crippen LogP contribution in [0.3, 0.4) is 0 Å². The second-order valence-electron chi connectivity index (χ2n) is 3.70. The highest BCUT2D eigenvalue weighted by atomic mass is 16.5. The first-order chi connectivity index (χ1) is 7.65. The second kappa shape index (κ2) is 6.05. The van der Waals surface area contributed by atoms with Gasteiger partial charge in [-0.25, -0.2) is 4.79 Å². The van der Waals surface area contributed by atoms with Crippen molar-refractivity contribution in [1.29, 1.82) is 0 Å². The maximum Gasteiger partial charge on any atom is 0.334 e. The number of rotatable bonds is 5. The minimum Gasteiger partial charge on any atom is -0.458 e. The number of ketones is 1. The molecule has 0 saturated heterocycles.